The van der Waals surface area contributed by atoms with Gasteiger partial charge >= 0.3 is 0 Å². The van der Waals surface area contributed by atoms with Crippen molar-refractivity contribution < 1.29 is 8.42 Å². The number of rotatable bonds is 2. The van der Waals surface area contributed by atoms with Crippen molar-refractivity contribution in [1.29, 1.82) is 0 Å². The van der Waals surface area contributed by atoms with Gasteiger partial charge in [0, 0.05) is 18.2 Å². The standard InChI is InChI=1S/C14H19N3O2S/c1-10(2)17-13(11-5-4-8-20(18,19)9-11)16-12-6-3-7-15-14(12)17/h3,6-7,10-11H,4-5,8-9H2,1-2H3. The topological polar surface area (TPSA) is 64.8 Å². The van der Waals surface area contributed by atoms with Gasteiger partial charge in [0.2, 0.25) is 0 Å². The Morgan fingerprint density at radius 3 is 2.90 bits per heavy atom. The zero-order valence-electron chi connectivity index (χ0n) is 11.8. The van der Waals surface area contributed by atoms with Gasteiger partial charge in [0.15, 0.2) is 15.5 Å². The van der Waals surface area contributed by atoms with Crippen molar-refractivity contribution in [1.82, 2.24) is 14.5 Å². The van der Waals surface area contributed by atoms with Crippen LogP contribution in [0.2, 0.25) is 0 Å². The molecule has 0 aliphatic carbocycles. The second kappa shape index (κ2) is 4.84. The highest BCUT2D eigenvalue weighted by Crippen LogP contribution is 2.31. The van der Waals surface area contributed by atoms with Gasteiger partial charge in [0.05, 0.1) is 11.5 Å². The highest BCUT2D eigenvalue weighted by Gasteiger charge is 2.30. The van der Waals surface area contributed by atoms with Crippen molar-refractivity contribution in [3.8, 4) is 0 Å². The van der Waals surface area contributed by atoms with Crippen LogP contribution in [0.3, 0.4) is 0 Å². The van der Waals surface area contributed by atoms with Gasteiger partial charge in [0.25, 0.3) is 0 Å². The Morgan fingerprint density at radius 1 is 1.40 bits per heavy atom. The van der Waals surface area contributed by atoms with Gasteiger partial charge in [-0.1, -0.05) is 0 Å². The summed E-state index contributed by atoms with van der Waals surface area (Å²) in [7, 11) is -2.93. The highest BCUT2D eigenvalue weighted by molar-refractivity contribution is 7.91. The van der Waals surface area contributed by atoms with E-state index in [1.165, 1.54) is 0 Å². The molecule has 5 nitrogen and oxygen atoms in total. The fourth-order valence-electron chi connectivity index (χ4n) is 2.97. The summed E-state index contributed by atoms with van der Waals surface area (Å²) in [4.78, 5) is 9.06. The van der Waals surface area contributed by atoms with Crippen LogP contribution in [0.4, 0.5) is 0 Å². The van der Waals surface area contributed by atoms with Gasteiger partial charge in [-0.05, 0) is 38.8 Å². The lowest BCUT2D eigenvalue weighted by Gasteiger charge is -2.23. The molecule has 20 heavy (non-hydrogen) atoms. The molecule has 0 saturated carbocycles. The van der Waals surface area contributed by atoms with E-state index >= 15 is 0 Å². The number of nitrogens with zero attached hydrogens (tertiary/aromatic N) is 3. The van der Waals surface area contributed by atoms with Crippen molar-refractivity contribution in [3.05, 3.63) is 24.2 Å². The zero-order valence-corrected chi connectivity index (χ0v) is 12.6. The molecule has 1 unspecified atom stereocenters. The van der Waals surface area contributed by atoms with Crippen LogP contribution in [0.1, 0.15) is 44.5 Å². The quantitative estimate of drug-likeness (QED) is 0.852. The lowest BCUT2D eigenvalue weighted by atomic mass is 10.0. The van der Waals surface area contributed by atoms with Gasteiger partial charge in [-0.3, -0.25) is 0 Å². The first-order chi connectivity index (χ1) is 9.48. The predicted octanol–water partition coefficient (Wildman–Crippen LogP) is 2.30. The van der Waals surface area contributed by atoms with E-state index in [1.807, 2.05) is 12.1 Å². The van der Waals surface area contributed by atoms with Crippen LogP contribution in [0.25, 0.3) is 11.2 Å². The summed E-state index contributed by atoms with van der Waals surface area (Å²) in [5, 5.41) is 0. The van der Waals surface area contributed by atoms with E-state index < -0.39 is 9.84 Å². The number of sulfone groups is 1. The summed E-state index contributed by atoms with van der Waals surface area (Å²) < 4.78 is 25.8. The zero-order chi connectivity index (χ0) is 14.3. The molecule has 0 aromatic carbocycles. The average Bonchev–Trinajstić information content (AvgIpc) is 2.76. The van der Waals surface area contributed by atoms with Gasteiger partial charge in [-0.2, -0.15) is 0 Å². The molecule has 3 rings (SSSR count). The Balaban J connectivity index is 2.13. The molecular formula is C14H19N3O2S. The first kappa shape index (κ1) is 13.5. The summed E-state index contributed by atoms with van der Waals surface area (Å²) in [5.74, 6) is 1.38. The van der Waals surface area contributed by atoms with Crippen LogP contribution in [0, 0.1) is 0 Å². The molecule has 1 fully saturated rings. The number of hydrogen-bond acceptors (Lipinski definition) is 4. The lowest BCUT2D eigenvalue weighted by Crippen LogP contribution is -2.26. The minimum Gasteiger partial charge on any atom is -0.310 e. The summed E-state index contributed by atoms with van der Waals surface area (Å²) in [6, 6.07) is 4.01. The fourth-order valence-corrected chi connectivity index (χ4v) is 4.67. The third kappa shape index (κ3) is 2.32. The Morgan fingerprint density at radius 2 is 2.20 bits per heavy atom. The molecule has 0 N–H and O–H groups in total. The molecule has 6 heteroatoms. The molecule has 0 spiro atoms. The van der Waals surface area contributed by atoms with Gasteiger partial charge in [-0.25, -0.2) is 18.4 Å². The molecule has 2 aromatic rings. The maximum Gasteiger partial charge on any atom is 0.160 e. The minimum absolute atomic E-state index is 0.00894. The molecule has 1 atom stereocenters. The van der Waals surface area contributed by atoms with Crippen molar-refractivity contribution in [2.75, 3.05) is 11.5 Å². The first-order valence-electron chi connectivity index (χ1n) is 7.01. The van der Waals surface area contributed by atoms with E-state index in [4.69, 9.17) is 0 Å². The summed E-state index contributed by atoms with van der Waals surface area (Å²) in [6.07, 6.45) is 3.36. The monoisotopic (exact) mass is 293 g/mol. The number of hydrogen-bond donors (Lipinski definition) is 0. The van der Waals surface area contributed by atoms with Gasteiger partial charge < -0.3 is 4.57 Å². The molecule has 0 amide bonds. The molecular weight excluding hydrogens is 274 g/mol. The fraction of sp³-hybridized carbons (Fsp3) is 0.571. The minimum atomic E-state index is -2.93. The van der Waals surface area contributed by atoms with Crippen molar-refractivity contribution >= 4 is 21.0 Å². The largest absolute Gasteiger partial charge is 0.310 e. The second-order valence-corrected chi connectivity index (χ2v) is 7.96. The molecule has 2 aromatic heterocycles. The first-order valence-corrected chi connectivity index (χ1v) is 8.83. The van der Waals surface area contributed by atoms with E-state index in [9.17, 15) is 8.42 Å². The molecule has 0 bridgehead atoms. The van der Waals surface area contributed by atoms with Gasteiger partial charge in [-0.15, -0.1) is 0 Å². The summed E-state index contributed by atoms with van der Waals surface area (Å²) in [5.41, 5.74) is 1.69. The Bertz CT molecular complexity index is 734. The molecule has 108 valence electrons. The van der Waals surface area contributed by atoms with Crippen LogP contribution in [0.15, 0.2) is 18.3 Å². The SMILES string of the molecule is CC(C)n1c(C2CCCS(=O)(=O)C2)nc2cccnc21. The number of fused-ring (bicyclic) bond motifs is 1. The Kier molecular flexibility index (Phi) is 3.28. The molecule has 1 saturated heterocycles. The molecule has 0 radical (unpaired) electrons. The smallest absolute Gasteiger partial charge is 0.160 e. The van der Waals surface area contributed by atoms with E-state index in [2.05, 4.69) is 28.4 Å². The average molecular weight is 293 g/mol. The number of aromatic nitrogens is 3. The van der Waals surface area contributed by atoms with Crippen LogP contribution in [-0.4, -0.2) is 34.5 Å². The number of pyridine rings is 1. The van der Waals surface area contributed by atoms with Crippen LogP contribution >= 0.6 is 0 Å². The number of imidazole rings is 1. The maximum absolute atomic E-state index is 11.9. The third-order valence-electron chi connectivity index (χ3n) is 3.82. The lowest BCUT2D eigenvalue weighted by molar-refractivity contribution is 0.505. The van der Waals surface area contributed by atoms with Crippen molar-refractivity contribution in [3.63, 3.8) is 0 Å². The second-order valence-electron chi connectivity index (χ2n) is 5.73. The van der Waals surface area contributed by atoms with Crippen molar-refractivity contribution in [2.45, 2.75) is 38.6 Å². The van der Waals surface area contributed by atoms with Crippen LogP contribution in [0.5, 0.6) is 0 Å². The summed E-state index contributed by atoms with van der Waals surface area (Å²) >= 11 is 0. The van der Waals surface area contributed by atoms with Crippen LogP contribution in [-0.2, 0) is 9.84 Å². The summed E-state index contributed by atoms with van der Waals surface area (Å²) in [6.45, 7) is 4.16. The maximum atomic E-state index is 11.9. The Hall–Kier alpha value is -1.43. The van der Waals surface area contributed by atoms with E-state index in [0.717, 1.165) is 29.8 Å². The van der Waals surface area contributed by atoms with E-state index in [-0.39, 0.29) is 17.7 Å². The third-order valence-corrected chi connectivity index (χ3v) is 5.64. The van der Waals surface area contributed by atoms with Gasteiger partial charge in [0.1, 0.15) is 11.3 Å². The predicted molar refractivity (Wildman–Crippen MR) is 78.5 cm³/mol. The molecule has 1 aliphatic rings. The van der Waals surface area contributed by atoms with E-state index in [1.54, 1.807) is 6.20 Å². The Labute approximate surface area is 119 Å². The van der Waals surface area contributed by atoms with Crippen molar-refractivity contribution in [2.24, 2.45) is 0 Å². The molecule has 3 heterocycles. The van der Waals surface area contributed by atoms with Crippen LogP contribution < -0.4 is 0 Å². The molecule has 1 aliphatic heterocycles. The van der Waals surface area contributed by atoms with E-state index in [0.29, 0.717) is 5.75 Å². The highest BCUT2D eigenvalue weighted by atomic mass is 32.2. The normalized spacial score (nSPS) is 22.4.